The van der Waals surface area contributed by atoms with E-state index in [2.05, 4.69) is 23.4 Å². The van der Waals surface area contributed by atoms with E-state index in [0.29, 0.717) is 19.1 Å². The van der Waals surface area contributed by atoms with Gasteiger partial charge in [0.1, 0.15) is 0 Å². The zero-order valence-electron chi connectivity index (χ0n) is 15.7. The average molecular weight is 375 g/mol. The van der Waals surface area contributed by atoms with Crippen LogP contribution in [0.2, 0.25) is 0 Å². The lowest BCUT2D eigenvalue weighted by atomic mass is 10.2. The maximum absolute atomic E-state index is 12.9. The molecule has 0 saturated carbocycles. The largest absolute Gasteiger partial charge is 0.379 e. The van der Waals surface area contributed by atoms with Crippen LogP contribution in [0.3, 0.4) is 0 Å². The number of amides is 1. The maximum atomic E-state index is 12.9. The Bertz CT molecular complexity index is 805. The van der Waals surface area contributed by atoms with E-state index in [4.69, 9.17) is 9.84 Å². The average Bonchev–Trinajstić information content (AvgIpc) is 3.31. The highest BCUT2D eigenvalue weighted by Gasteiger charge is 2.32. The summed E-state index contributed by atoms with van der Waals surface area (Å²) in [6.45, 7) is 12.0. The van der Waals surface area contributed by atoms with Gasteiger partial charge in [0.15, 0.2) is 0 Å². The summed E-state index contributed by atoms with van der Waals surface area (Å²) in [5.74, 6) is 0.131. The Hall–Kier alpha value is -1.70. The number of hydrogen-bond acceptors (Lipinski definition) is 5. The van der Waals surface area contributed by atoms with Crippen molar-refractivity contribution in [2.45, 2.75) is 46.4 Å². The predicted octanol–water partition coefficient (Wildman–Crippen LogP) is 2.82. The molecule has 0 bridgehead atoms. The van der Waals surface area contributed by atoms with Crippen LogP contribution in [0.15, 0.2) is 11.4 Å². The zero-order valence-corrected chi connectivity index (χ0v) is 16.5. The van der Waals surface area contributed by atoms with Crippen molar-refractivity contribution in [1.29, 1.82) is 0 Å². The molecule has 0 radical (unpaired) electrons. The number of aryl methyl sites for hydroxylation is 1. The fourth-order valence-corrected chi connectivity index (χ4v) is 4.57. The molecule has 4 rings (SSSR count). The van der Waals surface area contributed by atoms with Crippen LogP contribution in [0.4, 0.5) is 0 Å². The number of carbonyl (C=O) groups excluding carboxylic acids is 1. The van der Waals surface area contributed by atoms with Gasteiger partial charge in [0, 0.05) is 31.2 Å². The number of ether oxygens (including phenoxy) is 1. The molecule has 1 fully saturated rings. The lowest BCUT2D eigenvalue weighted by Crippen LogP contribution is -2.36. The van der Waals surface area contributed by atoms with E-state index in [-0.39, 0.29) is 5.91 Å². The number of rotatable bonds is 4. The second-order valence-electron chi connectivity index (χ2n) is 7.45. The minimum absolute atomic E-state index is 0.131. The smallest absolute Gasteiger partial charge is 0.264 e. The normalized spacial score (nSPS) is 17.9. The molecule has 7 heteroatoms. The van der Waals surface area contributed by atoms with Crippen LogP contribution in [-0.2, 0) is 24.4 Å². The molecule has 0 N–H and O–H groups in total. The monoisotopic (exact) mass is 374 g/mol. The molecular weight excluding hydrogens is 348 g/mol. The van der Waals surface area contributed by atoms with E-state index < -0.39 is 0 Å². The molecule has 0 spiro atoms. The first-order valence-electron chi connectivity index (χ1n) is 9.26. The fourth-order valence-electron chi connectivity index (χ4n) is 3.70. The van der Waals surface area contributed by atoms with Crippen LogP contribution in [-0.4, -0.2) is 51.8 Å². The molecule has 140 valence electrons. The Labute approximate surface area is 158 Å². The number of morpholine rings is 1. The maximum Gasteiger partial charge on any atom is 0.264 e. The summed E-state index contributed by atoms with van der Waals surface area (Å²) < 4.78 is 7.56. The van der Waals surface area contributed by atoms with Crippen molar-refractivity contribution in [3.05, 3.63) is 38.8 Å². The second-order valence-corrected chi connectivity index (χ2v) is 8.36. The molecule has 2 aliphatic rings. The van der Waals surface area contributed by atoms with Crippen molar-refractivity contribution in [3.8, 4) is 0 Å². The van der Waals surface area contributed by atoms with E-state index in [1.165, 1.54) is 22.6 Å². The summed E-state index contributed by atoms with van der Waals surface area (Å²) in [5.41, 5.74) is 4.71. The Morgan fingerprint density at radius 3 is 2.73 bits per heavy atom. The van der Waals surface area contributed by atoms with E-state index in [1.54, 1.807) is 0 Å². The number of carbonyl (C=O) groups is 1. The van der Waals surface area contributed by atoms with Crippen LogP contribution in [0, 0.1) is 6.92 Å². The van der Waals surface area contributed by atoms with E-state index in [0.717, 1.165) is 49.0 Å². The minimum atomic E-state index is 0.131. The SMILES string of the molecule is Cc1csc(C(=O)N2Cc3c(CN4CCOCC4)nn(C(C)C)c3C2)c1. The van der Waals surface area contributed by atoms with Gasteiger partial charge in [0.05, 0.1) is 42.6 Å². The summed E-state index contributed by atoms with van der Waals surface area (Å²) in [4.78, 5) is 18.1. The third-order valence-corrected chi connectivity index (χ3v) is 6.12. The zero-order chi connectivity index (χ0) is 18.3. The standard InChI is InChI=1S/C19H26N4O2S/c1-13(2)23-17-11-22(19(24)18-8-14(3)12-26-18)9-15(17)16(20-23)10-21-4-6-25-7-5-21/h8,12-13H,4-7,9-11H2,1-3H3. The highest BCUT2D eigenvalue weighted by molar-refractivity contribution is 7.12. The third kappa shape index (κ3) is 3.31. The molecule has 0 unspecified atom stereocenters. The number of fused-ring (bicyclic) bond motifs is 1. The van der Waals surface area contributed by atoms with Crippen molar-refractivity contribution in [2.24, 2.45) is 0 Å². The predicted molar refractivity (Wildman–Crippen MR) is 101 cm³/mol. The summed E-state index contributed by atoms with van der Waals surface area (Å²) in [7, 11) is 0. The van der Waals surface area contributed by atoms with Gasteiger partial charge < -0.3 is 9.64 Å². The van der Waals surface area contributed by atoms with E-state index in [1.807, 2.05) is 23.3 Å². The number of thiophene rings is 1. The number of nitrogens with zero attached hydrogens (tertiary/aromatic N) is 4. The molecule has 0 aromatic carbocycles. The van der Waals surface area contributed by atoms with E-state index >= 15 is 0 Å². The van der Waals surface area contributed by atoms with Crippen molar-refractivity contribution >= 4 is 17.2 Å². The molecule has 2 aliphatic heterocycles. The third-order valence-electron chi connectivity index (χ3n) is 5.09. The Morgan fingerprint density at radius 2 is 2.08 bits per heavy atom. The molecule has 0 aliphatic carbocycles. The second kappa shape index (κ2) is 7.13. The van der Waals surface area contributed by atoms with Crippen molar-refractivity contribution < 1.29 is 9.53 Å². The lowest BCUT2D eigenvalue weighted by molar-refractivity contribution is 0.0333. The molecule has 2 aromatic heterocycles. The van der Waals surface area contributed by atoms with Crippen molar-refractivity contribution in [1.82, 2.24) is 19.6 Å². The van der Waals surface area contributed by atoms with Crippen LogP contribution < -0.4 is 0 Å². The highest BCUT2D eigenvalue weighted by Crippen LogP contribution is 2.31. The van der Waals surface area contributed by atoms with Crippen LogP contribution in [0.1, 0.15) is 52.1 Å². The van der Waals surface area contributed by atoms with Gasteiger partial charge in [-0.1, -0.05) is 0 Å². The van der Waals surface area contributed by atoms with Gasteiger partial charge in [0.25, 0.3) is 5.91 Å². The van der Waals surface area contributed by atoms with Gasteiger partial charge in [-0.3, -0.25) is 14.4 Å². The molecule has 0 atom stereocenters. The number of hydrogen-bond donors (Lipinski definition) is 0. The highest BCUT2D eigenvalue weighted by atomic mass is 32.1. The van der Waals surface area contributed by atoms with Crippen molar-refractivity contribution in [2.75, 3.05) is 26.3 Å². The lowest BCUT2D eigenvalue weighted by Gasteiger charge is -2.26. The fraction of sp³-hybridized carbons (Fsp3) is 0.579. The van der Waals surface area contributed by atoms with Crippen LogP contribution in [0.5, 0.6) is 0 Å². The first-order chi connectivity index (χ1) is 12.5. The molecule has 26 heavy (non-hydrogen) atoms. The summed E-state index contributed by atoms with van der Waals surface area (Å²) >= 11 is 1.53. The quantitative estimate of drug-likeness (QED) is 0.826. The minimum Gasteiger partial charge on any atom is -0.379 e. The van der Waals surface area contributed by atoms with Gasteiger partial charge in [-0.2, -0.15) is 5.10 Å². The van der Waals surface area contributed by atoms with Crippen LogP contribution >= 0.6 is 11.3 Å². The Morgan fingerprint density at radius 1 is 1.31 bits per heavy atom. The van der Waals surface area contributed by atoms with Crippen molar-refractivity contribution in [3.63, 3.8) is 0 Å². The van der Waals surface area contributed by atoms with Crippen LogP contribution in [0.25, 0.3) is 0 Å². The first kappa shape index (κ1) is 17.7. The van der Waals surface area contributed by atoms with Gasteiger partial charge in [-0.05, 0) is 37.8 Å². The molecule has 1 saturated heterocycles. The summed E-state index contributed by atoms with van der Waals surface area (Å²) in [6.07, 6.45) is 0. The summed E-state index contributed by atoms with van der Waals surface area (Å²) in [6, 6.07) is 2.28. The Kier molecular flexibility index (Phi) is 4.86. The van der Waals surface area contributed by atoms with Gasteiger partial charge >= 0.3 is 0 Å². The molecule has 2 aromatic rings. The summed E-state index contributed by atoms with van der Waals surface area (Å²) in [5, 5.41) is 6.93. The molecule has 4 heterocycles. The van der Waals surface area contributed by atoms with E-state index in [9.17, 15) is 4.79 Å². The molecule has 6 nitrogen and oxygen atoms in total. The number of aromatic nitrogens is 2. The topological polar surface area (TPSA) is 50.6 Å². The Balaban J connectivity index is 1.57. The molecule has 1 amide bonds. The van der Waals surface area contributed by atoms with Gasteiger partial charge in [-0.15, -0.1) is 11.3 Å². The molecular formula is C19H26N4O2S. The van der Waals surface area contributed by atoms with Gasteiger partial charge in [-0.25, -0.2) is 0 Å². The first-order valence-corrected chi connectivity index (χ1v) is 10.1. The van der Waals surface area contributed by atoms with Gasteiger partial charge in [0.2, 0.25) is 0 Å².